The van der Waals surface area contributed by atoms with E-state index in [1.54, 1.807) is 6.92 Å². The minimum absolute atomic E-state index is 0.0548. The van der Waals surface area contributed by atoms with Crippen LogP contribution in [-0.2, 0) is 6.54 Å². The van der Waals surface area contributed by atoms with Crippen molar-refractivity contribution in [3.8, 4) is 0 Å². The smallest absolute Gasteiger partial charge is 0.328 e. The zero-order valence-corrected chi connectivity index (χ0v) is 9.59. The van der Waals surface area contributed by atoms with Crippen LogP contribution in [0, 0.1) is 18.8 Å². The Morgan fingerprint density at radius 2 is 2.29 bits per heavy atom. The fourth-order valence-electron chi connectivity index (χ4n) is 2.09. The molecule has 0 bridgehead atoms. The van der Waals surface area contributed by atoms with Crippen molar-refractivity contribution in [1.29, 1.82) is 0 Å². The molecule has 0 unspecified atom stereocenters. The lowest BCUT2D eigenvalue weighted by Crippen LogP contribution is -2.31. The van der Waals surface area contributed by atoms with E-state index >= 15 is 0 Å². The van der Waals surface area contributed by atoms with Gasteiger partial charge in [-0.05, 0) is 25.2 Å². The van der Waals surface area contributed by atoms with Gasteiger partial charge in [0, 0.05) is 18.3 Å². The van der Waals surface area contributed by atoms with Crippen molar-refractivity contribution in [2.75, 3.05) is 6.61 Å². The minimum atomic E-state index is -0.709. The number of nitrogens with zero attached hydrogens (tertiary/aromatic N) is 1. The van der Waals surface area contributed by atoms with E-state index in [0.29, 0.717) is 12.1 Å². The Hall–Kier alpha value is -1.40. The number of hydrogen-bond donors (Lipinski definition) is 3. The van der Waals surface area contributed by atoms with Crippen LogP contribution < -0.4 is 11.2 Å². The molecule has 94 valence electrons. The number of aliphatic hydroxyl groups is 2. The Morgan fingerprint density at radius 3 is 2.94 bits per heavy atom. The predicted octanol–water partition coefficient (Wildman–Crippen LogP) is -1.17. The molecule has 1 aliphatic carbocycles. The summed E-state index contributed by atoms with van der Waals surface area (Å²) in [5.41, 5.74) is -0.303. The highest BCUT2D eigenvalue weighted by Crippen LogP contribution is 2.42. The van der Waals surface area contributed by atoms with E-state index in [1.165, 1.54) is 10.8 Å². The van der Waals surface area contributed by atoms with Gasteiger partial charge >= 0.3 is 5.69 Å². The molecule has 17 heavy (non-hydrogen) atoms. The van der Waals surface area contributed by atoms with Gasteiger partial charge < -0.3 is 14.8 Å². The molecule has 0 amide bonds. The molecule has 3 atom stereocenters. The van der Waals surface area contributed by atoms with Gasteiger partial charge in [0.25, 0.3) is 5.56 Å². The van der Waals surface area contributed by atoms with Crippen molar-refractivity contribution in [2.24, 2.45) is 11.8 Å². The third kappa shape index (κ3) is 2.48. The molecule has 1 aromatic rings. The number of hydrogen-bond acceptors (Lipinski definition) is 4. The number of aromatic amines is 1. The summed E-state index contributed by atoms with van der Waals surface area (Å²) in [6.07, 6.45) is 1.62. The standard InChI is InChI=1S/C11H16N2O4/c1-6-3-13(11(17)12-10(6)16)4-7-2-8(7)9(15)5-14/h3,7-9,14-15H,2,4-5H2,1H3,(H,12,16,17)/t7-,8-,9-/m1/s1. The fourth-order valence-corrected chi connectivity index (χ4v) is 2.09. The SMILES string of the molecule is Cc1cn(C[C@H]2C[C@H]2[C@H](O)CO)c(=O)[nH]c1=O. The van der Waals surface area contributed by atoms with Crippen molar-refractivity contribution in [2.45, 2.75) is 26.0 Å². The largest absolute Gasteiger partial charge is 0.394 e. The maximum Gasteiger partial charge on any atom is 0.328 e. The second-order valence-electron chi connectivity index (χ2n) is 4.63. The van der Waals surface area contributed by atoms with Crippen molar-refractivity contribution >= 4 is 0 Å². The van der Waals surface area contributed by atoms with Crippen LogP contribution >= 0.6 is 0 Å². The topological polar surface area (TPSA) is 95.3 Å². The Bertz CT molecular complexity index is 519. The Balaban J connectivity index is 2.09. The molecule has 1 fully saturated rings. The maximum atomic E-state index is 11.5. The summed E-state index contributed by atoms with van der Waals surface area (Å²) >= 11 is 0. The molecular formula is C11H16N2O4. The van der Waals surface area contributed by atoms with Crippen LogP contribution in [0.4, 0.5) is 0 Å². The van der Waals surface area contributed by atoms with Gasteiger partial charge in [0.1, 0.15) is 0 Å². The summed E-state index contributed by atoms with van der Waals surface area (Å²) in [6, 6.07) is 0. The molecule has 6 nitrogen and oxygen atoms in total. The zero-order valence-electron chi connectivity index (χ0n) is 9.59. The van der Waals surface area contributed by atoms with Crippen LogP contribution in [-0.4, -0.2) is 32.5 Å². The molecule has 0 spiro atoms. The molecule has 3 N–H and O–H groups in total. The lowest BCUT2D eigenvalue weighted by molar-refractivity contribution is 0.0727. The molecule has 0 aromatic carbocycles. The summed E-state index contributed by atoms with van der Waals surface area (Å²) in [4.78, 5) is 24.9. The summed E-state index contributed by atoms with van der Waals surface area (Å²) in [5, 5.41) is 18.2. The molecule has 0 radical (unpaired) electrons. The first-order chi connectivity index (χ1) is 8.02. The Kier molecular flexibility index (Phi) is 3.17. The number of nitrogens with one attached hydrogen (secondary N) is 1. The van der Waals surface area contributed by atoms with E-state index in [1.807, 2.05) is 0 Å². The van der Waals surface area contributed by atoms with Crippen LogP contribution in [0.2, 0.25) is 0 Å². The van der Waals surface area contributed by atoms with E-state index in [4.69, 9.17) is 5.11 Å². The van der Waals surface area contributed by atoms with E-state index in [9.17, 15) is 14.7 Å². The van der Waals surface area contributed by atoms with Crippen molar-refractivity contribution < 1.29 is 10.2 Å². The van der Waals surface area contributed by atoms with Crippen LogP contribution in [0.3, 0.4) is 0 Å². The molecule has 0 saturated heterocycles. The van der Waals surface area contributed by atoms with Gasteiger partial charge in [-0.15, -0.1) is 0 Å². The lowest BCUT2D eigenvalue weighted by Gasteiger charge is -2.08. The van der Waals surface area contributed by atoms with Crippen LogP contribution in [0.15, 0.2) is 15.8 Å². The fraction of sp³-hybridized carbons (Fsp3) is 0.636. The molecule has 0 aliphatic heterocycles. The van der Waals surface area contributed by atoms with Crippen LogP contribution in [0.25, 0.3) is 0 Å². The summed E-state index contributed by atoms with van der Waals surface area (Å²) in [6.45, 7) is 1.86. The van der Waals surface area contributed by atoms with Gasteiger partial charge in [-0.3, -0.25) is 9.78 Å². The quantitative estimate of drug-likeness (QED) is 0.618. The van der Waals surface area contributed by atoms with Gasteiger partial charge in [0.15, 0.2) is 0 Å². The highest BCUT2D eigenvalue weighted by Gasteiger charge is 2.42. The van der Waals surface area contributed by atoms with E-state index in [0.717, 1.165) is 6.42 Å². The van der Waals surface area contributed by atoms with Gasteiger partial charge in [-0.25, -0.2) is 4.79 Å². The first-order valence-corrected chi connectivity index (χ1v) is 5.62. The number of rotatable bonds is 4. The molecule has 1 saturated carbocycles. The first kappa shape index (κ1) is 12.1. The van der Waals surface area contributed by atoms with Crippen molar-refractivity contribution in [1.82, 2.24) is 9.55 Å². The van der Waals surface area contributed by atoms with Crippen molar-refractivity contribution in [3.05, 3.63) is 32.6 Å². The third-order valence-electron chi connectivity index (χ3n) is 3.28. The van der Waals surface area contributed by atoms with Gasteiger partial charge in [0.05, 0.1) is 12.7 Å². The summed E-state index contributed by atoms with van der Waals surface area (Å²) in [5.74, 6) is 0.249. The summed E-state index contributed by atoms with van der Waals surface area (Å²) in [7, 11) is 0. The number of aliphatic hydroxyl groups excluding tert-OH is 2. The Morgan fingerprint density at radius 1 is 1.59 bits per heavy atom. The molecule has 6 heteroatoms. The highest BCUT2D eigenvalue weighted by atomic mass is 16.3. The maximum absolute atomic E-state index is 11.5. The number of H-pyrrole nitrogens is 1. The second kappa shape index (κ2) is 4.46. The number of aromatic nitrogens is 2. The van der Waals surface area contributed by atoms with Gasteiger partial charge in [0.2, 0.25) is 0 Å². The predicted molar refractivity (Wildman–Crippen MR) is 60.7 cm³/mol. The average Bonchev–Trinajstić information content (AvgIpc) is 3.04. The van der Waals surface area contributed by atoms with E-state index in [-0.39, 0.29) is 24.0 Å². The average molecular weight is 240 g/mol. The van der Waals surface area contributed by atoms with Crippen LogP contribution in [0.5, 0.6) is 0 Å². The summed E-state index contributed by atoms with van der Waals surface area (Å²) < 4.78 is 1.45. The zero-order chi connectivity index (χ0) is 12.6. The number of aryl methyl sites for hydroxylation is 1. The minimum Gasteiger partial charge on any atom is -0.394 e. The second-order valence-corrected chi connectivity index (χ2v) is 4.63. The molecule has 1 heterocycles. The lowest BCUT2D eigenvalue weighted by atomic mass is 10.2. The van der Waals surface area contributed by atoms with Gasteiger partial charge in [-0.1, -0.05) is 0 Å². The van der Waals surface area contributed by atoms with Gasteiger partial charge in [-0.2, -0.15) is 0 Å². The normalized spacial score (nSPS) is 24.6. The monoisotopic (exact) mass is 240 g/mol. The molecule has 2 rings (SSSR count). The van der Waals surface area contributed by atoms with Crippen molar-refractivity contribution in [3.63, 3.8) is 0 Å². The Labute approximate surface area is 97.5 Å². The molecule has 1 aliphatic rings. The third-order valence-corrected chi connectivity index (χ3v) is 3.28. The van der Waals surface area contributed by atoms with E-state index in [2.05, 4.69) is 4.98 Å². The highest BCUT2D eigenvalue weighted by molar-refractivity contribution is 5.02. The van der Waals surface area contributed by atoms with E-state index < -0.39 is 11.8 Å². The van der Waals surface area contributed by atoms with Crippen LogP contribution in [0.1, 0.15) is 12.0 Å². The first-order valence-electron chi connectivity index (χ1n) is 5.62. The molecular weight excluding hydrogens is 224 g/mol. The molecule has 1 aromatic heterocycles.